The predicted octanol–water partition coefficient (Wildman–Crippen LogP) is 2.91. The molecular weight excluding hydrogens is 330 g/mol. The lowest BCUT2D eigenvalue weighted by Crippen LogP contribution is -2.62. The number of thioether (sulfide) groups is 1. The first kappa shape index (κ1) is 19.0. The highest BCUT2D eigenvalue weighted by atomic mass is 32.2. The number of β-lactam (4-membered cyclic amide) rings is 1. The van der Waals surface area contributed by atoms with Gasteiger partial charge in [-0.1, -0.05) is 32.5 Å². The van der Waals surface area contributed by atoms with Crippen LogP contribution in [0.4, 0.5) is 0 Å². The van der Waals surface area contributed by atoms with E-state index < -0.39 is 8.32 Å². The smallest absolute Gasteiger partial charge is 0.229 e. The molecule has 0 aromatic carbocycles. The van der Waals surface area contributed by atoms with E-state index in [9.17, 15) is 9.59 Å². The number of carbonyl (C=O) groups is 2. The summed E-state index contributed by atoms with van der Waals surface area (Å²) in [6.07, 6.45) is 1.23. The van der Waals surface area contributed by atoms with Crippen molar-refractivity contribution in [2.45, 2.75) is 76.3 Å². The van der Waals surface area contributed by atoms with Gasteiger partial charge in [0.2, 0.25) is 11.0 Å². The van der Waals surface area contributed by atoms with Crippen LogP contribution in [0.15, 0.2) is 0 Å². The number of hydrogen-bond acceptors (Lipinski definition) is 5. The normalized spacial score (nSPS) is 29.8. The summed E-state index contributed by atoms with van der Waals surface area (Å²) < 4.78 is 11.8. The molecular formula is C16H29NO4SSi. The van der Waals surface area contributed by atoms with Gasteiger partial charge in [0.1, 0.15) is 6.10 Å². The first-order valence-electron chi connectivity index (χ1n) is 8.33. The van der Waals surface area contributed by atoms with Crippen molar-refractivity contribution in [3.63, 3.8) is 0 Å². The Morgan fingerprint density at radius 2 is 2.09 bits per heavy atom. The Morgan fingerprint density at radius 1 is 1.43 bits per heavy atom. The van der Waals surface area contributed by atoms with E-state index in [1.807, 2.05) is 6.92 Å². The van der Waals surface area contributed by atoms with Gasteiger partial charge in [-0.2, -0.15) is 0 Å². The number of nitrogens with one attached hydrogen (secondary N) is 1. The Hall–Kier alpha value is -0.373. The van der Waals surface area contributed by atoms with Gasteiger partial charge in [-0.25, -0.2) is 0 Å². The Bertz CT molecular complexity index is 471. The van der Waals surface area contributed by atoms with Gasteiger partial charge in [0, 0.05) is 6.61 Å². The van der Waals surface area contributed by atoms with E-state index in [0.29, 0.717) is 6.61 Å². The Morgan fingerprint density at radius 3 is 2.57 bits per heavy atom. The monoisotopic (exact) mass is 359 g/mol. The van der Waals surface area contributed by atoms with E-state index in [1.54, 1.807) is 0 Å². The van der Waals surface area contributed by atoms with E-state index in [-0.39, 0.29) is 39.6 Å². The fourth-order valence-electron chi connectivity index (χ4n) is 2.61. The van der Waals surface area contributed by atoms with Gasteiger partial charge in [-0.3, -0.25) is 9.59 Å². The van der Waals surface area contributed by atoms with E-state index in [1.165, 1.54) is 11.8 Å². The minimum atomic E-state index is -1.94. The SMILES string of the molecule is C[C@@H](O[Si](C)(C)C(C)(C)C)[C@H]1C(=O)N[C@H]1SC(=O)[C@H]1CCCO1. The van der Waals surface area contributed by atoms with Crippen LogP contribution in [0.1, 0.15) is 40.5 Å². The first-order valence-corrected chi connectivity index (χ1v) is 12.1. The number of hydrogen-bond donors (Lipinski definition) is 1. The van der Waals surface area contributed by atoms with E-state index in [0.717, 1.165) is 12.8 Å². The highest BCUT2D eigenvalue weighted by molar-refractivity contribution is 8.14. The second-order valence-electron chi connectivity index (χ2n) is 7.98. The Labute approximate surface area is 144 Å². The summed E-state index contributed by atoms with van der Waals surface area (Å²) in [6, 6.07) is 0. The molecule has 0 radical (unpaired) electrons. The standard InChI is InChI=1S/C16H29NO4SSi/c1-10(21-23(5,6)16(2,3)4)12-13(18)17-14(12)22-15(19)11-8-7-9-20-11/h10-12,14H,7-9H2,1-6H3,(H,17,18)/t10-,11-,12+,14+/m1/s1. The van der Waals surface area contributed by atoms with Crippen molar-refractivity contribution in [1.29, 1.82) is 0 Å². The maximum absolute atomic E-state index is 12.2. The molecule has 1 amide bonds. The molecule has 7 heteroatoms. The summed E-state index contributed by atoms with van der Waals surface area (Å²) in [5.74, 6) is -0.284. The molecule has 132 valence electrons. The van der Waals surface area contributed by atoms with E-state index in [2.05, 4.69) is 39.2 Å². The van der Waals surface area contributed by atoms with Crippen LogP contribution in [0.3, 0.4) is 0 Å². The molecule has 2 fully saturated rings. The lowest BCUT2D eigenvalue weighted by Gasteiger charge is -2.44. The zero-order chi connectivity index (χ0) is 17.4. The van der Waals surface area contributed by atoms with Crippen LogP contribution in [0, 0.1) is 5.92 Å². The van der Waals surface area contributed by atoms with Crippen LogP contribution in [-0.2, 0) is 18.8 Å². The lowest BCUT2D eigenvalue weighted by atomic mass is 9.96. The molecule has 0 saturated carbocycles. The molecule has 0 bridgehead atoms. The number of amides is 1. The van der Waals surface area contributed by atoms with Gasteiger partial charge in [-0.05, 0) is 37.9 Å². The maximum Gasteiger partial charge on any atom is 0.229 e. The van der Waals surface area contributed by atoms with Gasteiger partial charge >= 0.3 is 0 Å². The summed E-state index contributed by atoms with van der Waals surface area (Å²) in [6.45, 7) is 13.5. The van der Waals surface area contributed by atoms with Crippen molar-refractivity contribution in [3.8, 4) is 0 Å². The lowest BCUT2D eigenvalue weighted by molar-refractivity contribution is -0.136. The molecule has 4 atom stereocenters. The van der Waals surface area contributed by atoms with Crippen LogP contribution in [-0.4, -0.2) is 43.5 Å². The molecule has 0 aromatic rings. The zero-order valence-electron chi connectivity index (χ0n) is 15.0. The van der Waals surface area contributed by atoms with Crippen molar-refractivity contribution in [3.05, 3.63) is 0 Å². The highest BCUT2D eigenvalue weighted by Gasteiger charge is 2.49. The van der Waals surface area contributed by atoms with Crippen LogP contribution < -0.4 is 5.32 Å². The van der Waals surface area contributed by atoms with Crippen LogP contribution in [0.5, 0.6) is 0 Å². The van der Waals surface area contributed by atoms with Crippen LogP contribution >= 0.6 is 11.8 Å². The Balaban J connectivity index is 1.94. The number of rotatable bonds is 5. The fourth-order valence-corrected chi connectivity index (χ4v) is 5.29. The predicted molar refractivity (Wildman–Crippen MR) is 94.7 cm³/mol. The van der Waals surface area contributed by atoms with Gasteiger partial charge in [0.05, 0.1) is 17.4 Å². The molecule has 2 saturated heterocycles. The van der Waals surface area contributed by atoms with Gasteiger partial charge < -0.3 is 14.5 Å². The molecule has 2 aliphatic heterocycles. The van der Waals surface area contributed by atoms with Crippen LogP contribution in [0.25, 0.3) is 0 Å². The third-order valence-corrected chi connectivity index (χ3v) is 10.9. The number of carbonyl (C=O) groups excluding carboxylic acids is 2. The minimum absolute atomic E-state index is 0.0196. The average molecular weight is 360 g/mol. The van der Waals surface area contributed by atoms with Gasteiger partial charge in [-0.15, -0.1) is 0 Å². The minimum Gasteiger partial charge on any atom is -0.413 e. The number of ether oxygens (including phenoxy) is 1. The molecule has 5 nitrogen and oxygen atoms in total. The second kappa shape index (κ2) is 6.86. The van der Waals surface area contributed by atoms with Crippen molar-refractivity contribution >= 4 is 31.1 Å². The zero-order valence-corrected chi connectivity index (χ0v) is 16.8. The second-order valence-corrected chi connectivity index (χ2v) is 13.9. The molecule has 2 rings (SSSR count). The van der Waals surface area contributed by atoms with Crippen molar-refractivity contribution < 1.29 is 18.8 Å². The third kappa shape index (κ3) is 4.18. The third-order valence-electron chi connectivity index (χ3n) is 5.14. The summed E-state index contributed by atoms with van der Waals surface area (Å²) >= 11 is 1.20. The first-order chi connectivity index (χ1) is 10.5. The van der Waals surface area contributed by atoms with Crippen molar-refractivity contribution in [2.75, 3.05) is 6.61 Å². The molecule has 23 heavy (non-hydrogen) atoms. The van der Waals surface area contributed by atoms with E-state index in [4.69, 9.17) is 9.16 Å². The molecule has 0 spiro atoms. The average Bonchev–Trinajstić information content (AvgIpc) is 2.89. The van der Waals surface area contributed by atoms with Crippen molar-refractivity contribution in [1.82, 2.24) is 5.32 Å². The quantitative estimate of drug-likeness (QED) is 0.604. The topological polar surface area (TPSA) is 64.6 Å². The summed E-state index contributed by atoms with van der Waals surface area (Å²) in [5.41, 5.74) is 0. The molecule has 0 aromatic heterocycles. The molecule has 0 unspecified atom stereocenters. The highest BCUT2D eigenvalue weighted by Crippen LogP contribution is 2.40. The summed E-state index contributed by atoms with van der Waals surface area (Å²) in [4.78, 5) is 24.2. The molecule has 2 heterocycles. The van der Waals surface area contributed by atoms with E-state index >= 15 is 0 Å². The molecule has 2 aliphatic rings. The van der Waals surface area contributed by atoms with Crippen molar-refractivity contribution in [2.24, 2.45) is 5.92 Å². The molecule has 1 N–H and O–H groups in total. The largest absolute Gasteiger partial charge is 0.413 e. The van der Waals surface area contributed by atoms with Gasteiger partial charge in [0.25, 0.3) is 0 Å². The summed E-state index contributed by atoms with van der Waals surface area (Å²) in [7, 11) is -1.94. The Kier molecular flexibility index (Phi) is 5.65. The summed E-state index contributed by atoms with van der Waals surface area (Å²) in [5, 5.41) is 2.76. The fraction of sp³-hybridized carbons (Fsp3) is 0.875. The molecule has 0 aliphatic carbocycles. The van der Waals surface area contributed by atoms with Gasteiger partial charge in [0.15, 0.2) is 8.32 Å². The van der Waals surface area contributed by atoms with Crippen LogP contribution in [0.2, 0.25) is 18.1 Å². The maximum atomic E-state index is 12.2.